The summed E-state index contributed by atoms with van der Waals surface area (Å²) >= 11 is 6.92. The monoisotopic (exact) mass is 387 g/mol. The molecular formula is C14H15Br2NO2. The van der Waals surface area contributed by atoms with Gasteiger partial charge in [-0.25, -0.2) is 0 Å². The lowest BCUT2D eigenvalue weighted by Gasteiger charge is -2.13. The van der Waals surface area contributed by atoms with Crippen molar-refractivity contribution in [3.05, 3.63) is 32.7 Å². The topological polar surface area (TPSA) is 37.4 Å². The van der Waals surface area contributed by atoms with Crippen molar-refractivity contribution in [1.82, 2.24) is 4.90 Å². The standard InChI is InChI=1S/C14H15Br2NO2/c15-11-5-4-10(9-12(11)16)3-1-2-8-17-13(18)6-7-14(17)19/h4-5,9H,1-3,6-8H2. The molecule has 0 unspecified atom stereocenters. The molecule has 1 saturated heterocycles. The second-order valence-electron chi connectivity index (χ2n) is 4.64. The van der Waals surface area contributed by atoms with Crippen LogP contribution in [0.4, 0.5) is 0 Å². The Hall–Kier alpha value is -0.680. The second-order valence-corrected chi connectivity index (χ2v) is 6.35. The summed E-state index contributed by atoms with van der Waals surface area (Å²) in [6.07, 6.45) is 3.58. The van der Waals surface area contributed by atoms with E-state index in [1.807, 2.05) is 6.07 Å². The first-order valence-electron chi connectivity index (χ1n) is 6.35. The van der Waals surface area contributed by atoms with E-state index in [0.717, 1.165) is 28.2 Å². The van der Waals surface area contributed by atoms with E-state index in [1.54, 1.807) is 0 Å². The number of hydrogen-bond acceptors (Lipinski definition) is 2. The quantitative estimate of drug-likeness (QED) is 0.569. The summed E-state index contributed by atoms with van der Waals surface area (Å²) in [5, 5.41) is 0. The van der Waals surface area contributed by atoms with Crippen molar-refractivity contribution in [2.45, 2.75) is 32.1 Å². The Morgan fingerprint density at radius 2 is 1.68 bits per heavy atom. The zero-order valence-corrected chi connectivity index (χ0v) is 13.7. The Morgan fingerprint density at radius 3 is 2.32 bits per heavy atom. The number of nitrogens with zero attached hydrogens (tertiary/aromatic N) is 1. The molecule has 0 spiro atoms. The highest BCUT2D eigenvalue weighted by Crippen LogP contribution is 2.24. The number of halogens is 2. The molecule has 0 aliphatic carbocycles. The first-order chi connectivity index (χ1) is 9.08. The number of carbonyl (C=O) groups excluding carboxylic acids is 2. The highest BCUT2D eigenvalue weighted by Gasteiger charge is 2.27. The molecular weight excluding hydrogens is 374 g/mol. The molecule has 1 aromatic rings. The molecule has 1 aliphatic heterocycles. The summed E-state index contributed by atoms with van der Waals surface area (Å²) in [7, 11) is 0. The van der Waals surface area contributed by atoms with Crippen LogP contribution in [0, 0.1) is 0 Å². The molecule has 2 rings (SSSR count). The maximum Gasteiger partial charge on any atom is 0.229 e. The highest BCUT2D eigenvalue weighted by molar-refractivity contribution is 9.13. The number of amides is 2. The first kappa shape index (κ1) is 14.7. The van der Waals surface area contributed by atoms with Gasteiger partial charge in [-0.15, -0.1) is 0 Å². The average molecular weight is 389 g/mol. The maximum atomic E-state index is 11.4. The molecule has 0 radical (unpaired) electrons. The van der Waals surface area contributed by atoms with E-state index in [4.69, 9.17) is 0 Å². The third-order valence-electron chi connectivity index (χ3n) is 3.24. The van der Waals surface area contributed by atoms with Crippen molar-refractivity contribution < 1.29 is 9.59 Å². The van der Waals surface area contributed by atoms with Crippen molar-refractivity contribution in [2.24, 2.45) is 0 Å². The molecule has 2 amide bonds. The van der Waals surface area contributed by atoms with Crippen LogP contribution in [0.3, 0.4) is 0 Å². The summed E-state index contributed by atoms with van der Waals surface area (Å²) in [5.41, 5.74) is 1.26. The van der Waals surface area contributed by atoms with E-state index in [-0.39, 0.29) is 11.8 Å². The molecule has 3 nitrogen and oxygen atoms in total. The fourth-order valence-corrected chi connectivity index (χ4v) is 2.84. The minimum absolute atomic E-state index is 0.0172. The summed E-state index contributed by atoms with van der Waals surface area (Å²) in [6.45, 7) is 0.565. The molecule has 0 saturated carbocycles. The predicted octanol–water partition coefficient (Wildman–Crippen LogP) is 3.68. The van der Waals surface area contributed by atoms with Gasteiger partial charge in [-0.2, -0.15) is 0 Å². The number of unbranched alkanes of at least 4 members (excludes halogenated alkanes) is 1. The molecule has 1 aromatic carbocycles. The minimum atomic E-state index is -0.0172. The van der Waals surface area contributed by atoms with E-state index < -0.39 is 0 Å². The molecule has 0 bridgehead atoms. The van der Waals surface area contributed by atoms with Crippen molar-refractivity contribution in [1.29, 1.82) is 0 Å². The van der Waals surface area contributed by atoms with Crippen LogP contribution in [-0.2, 0) is 16.0 Å². The van der Waals surface area contributed by atoms with Gasteiger partial charge in [0, 0.05) is 28.3 Å². The smallest absolute Gasteiger partial charge is 0.229 e. The van der Waals surface area contributed by atoms with Gasteiger partial charge in [-0.1, -0.05) is 6.07 Å². The minimum Gasteiger partial charge on any atom is -0.283 e. The Balaban J connectivity index is 1.76. The molecule has 0 atom stereocenters. The van der Waals surface area contributed by atoms with Gasteiger partial charge in [0.05, 0.1) is 0 Å². The molecule has 1 fully saturated rings. The zero-order valence-electron chi connectivity index (χ0n) is 10.5. The van der Waals surface area contributed by atoms with E-state index >= 15 is 0 Å². The van der Waals surface area contributed by atoms with Crippen molar-refractivity contribution in [3.8, 4) is 0 Å². The molecule has 1 heterocycles. The van der Waals surface area contributed by atoms with E-state index in [1.165, 1.54) is 10.5 Å². The number of benzene rings is 1. The van der Waals surface area contributed by atoms with Crippen molar-refractivity contribution >= 4 is 43.7 Å². The lowest BCUT2D eigenvalue weighted by atomic mass is 10.1. The van der Waals surface area contributed by atoms with Gasteiger partial charge in [0.2, 0.25) is 11.8 Å². The molecule has 1 aliphatic rings. The maximum absolute atomic E-state index is 11.4. The number of rotatable bonds is 5. The average Bonchev–Trinajstić information content (AvgIpc) is 2.70. The van der Waals surface area contributed by atoms with Gasteiger partial charge < -0.3 is 0 Å². The Morgan fingerprint density at radius 1 is 1.00 bits per heavy atom. The summed E-state index contributed by atoms with van der Waals surface area (Å²) < 4.78 is 2.10. The van der Waals surface area contributed by atoms with Crippen molar-refractivity contribution in [2.75, 3.05) is 6.54 Å². The van der Waals surface area contributed by atoms with Gasteiger partial charge in [0.25, 0.3) is 0 Å². The van der Waals surface area contributed by atoms with Crippen LogP contribution in [0.25, 0.3) is 0 Å². The van der Waals surface area contributed by atoms with E-state index in [0.29, 0.717) is 19.4 Å². The van der Waals surface area contributed by atoms with Gasteiger partial charge >= 0.3 is 0 Å². The van der Waals surface area contributed by atoms with Crippen LogP contribution in [0.1, 0.15) is 31.2 Å². The summed E-state index contributed by atoms with van der Waals surface area (Å²) in [4.78, 5) is 24.2. The zero-order chi connectivity index (χ0) is 13.8. The SMILES string of the molecule is O=C1CCC(=O)N1CCCCc1ccc(Br)c(Br)c1. The fourth-order valence-electron chi connectivity index (χ4n) is 2.17. The fraction of sp³-hybridized carbons (Fsp3) is 0.429. The van der Waals surface area contributed by atoms with E-state index in [9.17, 15) is 9.59 Å². The Bertz CT molecular complexity index is 486. The molecule has 19 heavy (non-hydrogen) atoms. The van der Waals surface area contributed by atoms with Gasteiger partial charge in [-0.05, 0) is 68.8 Å². The van der Waals surface area contributed by atoms with E-state index in [2.05, 4.69) is 44.0 Å². The first-order valence-corrected chi connectivity index (χ1v) is 7.93. The number of carbonyl (C=O) groups is 2. The molecule has 0 aromatic heterocycles. The normalized spacial score (nSPS) is 15.4. The third-order valence-corrected chi connectivity index (χ3v) is 5.12. The largest absolute Gasteiger partial charge is 0.283 e. The van der Waals surface area contributed by atoms with Crippen LogP contribution in [0.5, 0.6) is 0 Å². The predicted molar refractivity (Wildman–Crippen MR) is 80.7 cm³/mol. The summed E-state index contributed by atoms with van der Waals surface area (Å²) in [5.74, 6) is -0.0345. The Labute approximate surface area is 129 Å². The van der Waals surface area contributed by atoms with Crippen LogP contribution >= 0.6 is 31.9 Å². The third kappa shape index (κ3) is 3.89. The van der Waals surface area contributed by atoms with Crippen LogP contribution < -0.4 is 0 Å². The summed E-state index contributed by atoms with van der Waals surface area (Å²) in [6, 6.07) is 6.20. The van der Waals surface area contributed by atoms with Crippen LogP contribution in [-0.4, -0.2) is 23.3 Å². The number of aryl methyl sites for hydroxylation is 1. The Kier molecular flexibility index (Phi) is 5.16. The molecule has 5 heteroatoms. The van der Waals surface area contributed by atoms with Crippen LogP contribution in [0.2, 0.25) is 0 Å². The second kappa shape index (κ2) is 6.66. The highest BCUT2D eigenvalue weighted by atomic mass is 79.9. The number of imide groups is 1. The number of likely N-dealkylation sites (tertiary alicyclic amines) is 1. The molecule has 0 N–H and O–H groups in total. The van der Waals surface area contributed by atoms with Crippen LogP contribution in [0.15, 0.2) is 27.1 Å². The van der Waals surface area contributed by atoms with Gasteiger partial charge in [-0.3, -0.25) is 14.5 Å². The van der Waals surface area contributed by atoms with Crippen molar-refractivity contribution in [3.63, 3.8) is 0 Å². The number of hydrogen-bond donors (Lipinski definition) is 0. The lowest BCUT2D eigenvalue weighted by molar-refractivity contribution is -0.138. The van der Waals surface area contributed by atoms with Gasteiger partial charge in [0.15, 0.2) is 0 Å². The lowest BCUT2D eigenvalue weighted by Crippen LogP contribution is -2.29. The molecule has 102 valence electrons. The van der Waals surface area contributed by atoms with Gasteiger partial charge in [0.1, 0.15) is 0 Å².